The number of aromatic nitrogens is 3. The summed E-state index contributed by atoms with van der Waals surface area (Å²) in [5.74, 6) is 0.173. The minimum atomic E-state index is -0.375. The van der Waals surface area contributed by atoms with E-state index >= 15 is 0 Å². The van der Waals surface area contributed by atoms with E-state index in [2.05, 4.69) is 29.5 Å². The first-order valence-corrected chi connectivity index (χ1v) is 6.51. The first kappa shape index (κ1) is 14.0. The van der Waals surface area contributed by atoms with Crippen molar-refractivity contribution in [2.75, 3.05) is 6.54 Å². The fourth-order valence-electron chi connectivity index (χ4n) is 1.72. The Hall–Kier alpha value is -1.46. The lowest BCUT2D eigenvalue weighted by Crippen LogP contribution is -2.21. The van der Waals surface area contributed by atoms with Crippen molar-refractivity contribution in [1.82, 2.24) is 20.3 Å². The smallest absolute Gasteiger partial charge is 0.149 e. The molecule has 0 saturated heterocycles. The van der Waals surface area contributed by atoms with Crippen molar-refractivity contribution in [2.24, 2.45) is 5.92 Å². The zero-order valence-electron chi connectivity index (χ0n) is 10.9. The fourth-order valence-corrected chi connectivity index (χ4v) is 1.88. The van der Waals surface area contributed by atoms with E-state index in [-0.39, 0.29) is 5.82 Å². The third-order valence-corrected chi connectivity index (χ3v) is 2.85. The molecule has 1 N–H and O–H groups in total. The van der Waals surface area contributed by atoms with Crippen molar-refractivity contribution in [3.8, 4) is 5.69 Å². The Balaban J connectivity index is 2.21. The van der Waals surface area contributed by atoms with Crippen LogP contribution in [0.2, 0.25) is 5.02 Å². The molecule has 1 aromatic carbocycles. The molecule has 1 aromatic heterocycles. The topological polar surface area (TPSA) is 42.7 Å². The maximum Gasteiger partial charge on any atom is 0.149 e. The maximum atomic E-state index is 13.8. The normalized spacial score (nSPS) is 11.2. The predicted octanol–water partition coefficient (Wildman–Crippen LogP) is 2.81. The lowest BCUT2D eigenvalue weighted by Gasteiger charge is -2.10. The van der Waals surface area contributed by atoms with Crippen molar-refractivity contribution in [2.45, 2.75) is 20.4 Å². The van der Waals surface area contributed by atoms with Crippen LogP contribution in [0.25, 0.3) is 5.69 Å². The quantitative estimate of drug-likeness (QED) is 0.917. The monoisotopic (exact) mass is 282 g/mol. The molecule has 2 rings (SSSR count). The van der Waals surface area contributed by atoms with Gasteiger partial charge in [0.15, 0.2) is 0 Å². The maximum absolute atomic E-state index is 13.8. The molecule has 0 amide bonds. The molecule has 0 aliphatic rings. The van der Waals surface area contributed by atoms with Gasteiger partial charge in [-0.25, -0.2) is 9.07 Å². The number of hydrogen-bond acceptors (Lipinski definition) is 3. The van der Waals surface area contributed by atoms with Gasteiger partial charge in [0.25, 0.3) is 0 Å². The van der Waals surface area contributed by atoms with E-state index < -0.39 is 0 Å². The van der Waals surface area contributed by atoms with Crippen molar-refractivity contribution in [3.63, 3.8) is 0 Å². The second-order valence-corrected chi connectivity index (χ2v) is 5.19. The number of benzene rings is 1. The number of nitrogens with one attached hydrogen (secondary N) is 1. The summed E-state index contributed by atoms with van der Waals surface area (Å²) in [6.07, 6.45) is 1.62. The Morgan fingerprint density at radius 3 is 2.95 bits per heavy atom. The van der Waals surface area contributed by atoms with Crippen LogP contribution in [0.4, 0.5) is 4.39 Å². The van der Waals surface area contributed by atoms with Gasteiger partial charge in [0.05, 0.1) is 11.9 Å². The summed E-state index contributed by atoms with van der Waals surface area (Å²) in [5.41, 5.74) is 1.10. The van der Waals surface area contributed by atoms with Gasteiger partial charge in [-0.1, -0.05) is 30.7 Å². The molecule has 0 saturated carbocycles. The van der Waals surface area contributed by atoms with Crippen LogP contribution in [0.1, 0.15) is 19.5 Å². The Morgan fingerprint density at radius 2 is 2.21 bits per heavy atom. The molecule has 0 spiro atoms. The molecule has 0 radical (unpaired) electrons. The van der Waals surface area contributed by atoms with Crippen LogP contribution >= 0.6 is 11.6 Å². The molecule has 0 atom stereocenters. The van der Waals surface area contributed by atoms with Gasteiger partial charge >= 0.3 is 0 Å². The SMILES string of the molecule is CC(C)CNCc1cnnn1-c1cc(Cl)ccc1F. The predicted molar refractivity (Wildman–Crippen MR) is 72.9 cm³/mol. The van der Waals surface area contributed by atoms with Crippen LogP contribution in [0.15, 0.2) is 24.4 Å². The van der Waals surface area contributed by atoms with Crippen LogP contribution in [0.5, 0.6) is 0 Å². The molecule has 0 aliphatic carbocycles. The summed E-state index contributed by atoms with van der Waals surface area (Å²) in [6, 6.07) is 4.37. The fraction of sp³-hybridized carbons (Fsp3) is 0.385. The average Bonchev–Trinajstić information content (AvgIpc) is 2.80. The Labute approximate surface area is 116 Å². The summed E-state index contributed by atoms with van der Waals surface area (Å²) >= 11 is 5.89. The molecule has 1 heterocycles. The van der Waals surface area contributed by atoms with Gasteiger partial charge in [-0.05, 0) is 30.7 Å². The van der Waals surface area contributed by atoms with Crippen molar-refractivity contribution >= 4 is 11.6 Å². The molecule has 0 unspecified atom stereocenters. The van der Waals surface area contributed by atoms with Gasteiger partial charge in [0.2, 0.25) is 0 Å². The molecule has 0 bridgehead atoms. The third-order valence-electron chi connectivity index (χ3n) is 2.61. The minimum Gasteiger partial charge on any atom is -0.311 e. The first-order valence-electron chi connectivity index (χ1n) is 6.13. The Morgan fingerprint density at radius 1 is 1.42 bits per heavy atom. The zero-order chi connectivity index (χ0) is 13.8. The highest BCUT2D eigenvalue weighted by atomic mass is 35.5. The summed E-state index contributed by atoms with van der Waals surface area (Å²) in [4.78, 5) is 0. The van der Waals surface area contributed by atoms with E-state index in [0.29, 0.717) is 23.2 Å². The van der Waals surface area contributed by atoms with Crippen molar-refractivity contribution in [1.29, 1.82) is 0 Å². The number of nitrogens with zero attached hydrogens (tertiary/aromatic N) is 3. The highest BCUT2D eigenvalue weighted by molar-refractivity contribution is 6.30. The highest BCUT2D eigenvalue weighted by Gasteiger charge is 2.11. The second-order valence-electron chi connectivity index (χ2n) is 4.76. The highest BCUT2D eigenvalue weighted by Crippen LogP contribution is 2.19. The van der Waals surface area contributed by atoms with E-state index in [1.54, 1.807) is 6.20 Å². The number of hydrogen-bond donors (Lipinski definition) is 1. The molecular weight excluding hydrogens is 267 g/mol. The van der Waals surface area contributed by atoms with E-state index in [1.165, 1.54) is 22.9 Å². The molecule has 0 fully saturated rings. The molecule has 19 heavy (non-hydrogen) atoms. The largest absolute Gasteiger partial charge is 0.311 e. The third kappa shape index (κ3) is 3.52. The molecule has 4 nitrogen and oxygen atoms in total. The van der Waals surface area contributed by atoms with Crippen LogP contribution in [0.3, 0.4) is 0 Å². The Bertz CT molecular complexity index is 553. The molecule has 0 aliphatic heterocycles. The summed E-state index contributed by atoms with van der Waals surface area (Å²) < 4.78 is 15.3. The zero-order valence-corrected chi connectivity index (χ0v) is 11.7. The summed E-state index contributed by atoms with van der Waals surface area (Å²) in [5, 5.41) is 11.5. The molecular formula is C13H16ClFN4. The minimum absolute atomic E-state index is 0.311. The lowest BCUT2D eigenvalue weighted by atomic mass is 10.2. The van der Waals surface area contributed by atoms with Gasteiger partial charge in [-0.3, -0.25) is 0 Å². The molecule has 6 heteroatoms. The summed E-state index contributed by atoms with van der Waals surface area (Å²) in [6.45, 7) is 5.71. The van der Waals surface area contributed by atoms with Crippen molar-refractivity contribution < 1.29 is 4.39 Å². The summed E-state index contributed by atoms with van der Waals surface area (Å²) in [7, 11) is 0. The average molecular weight is 283 g/mol. The molecule has 102 valence electrons. The van der Waals surface area contributed by atoms with E-state index in [9.17, 15) is 4.39 Å². The first-order chi connectivity index (χ1) is 9.08. The van der Waals surface area contributed by atoms with Crippen LogP contribution in [-0.4, -0.2) is 21.5 Å². The van der Waals surface area contributed by atoms with Gasteiger partial charge in [0, 0.05) is 11.6 Å². The molecule has 2 aromatic rings. The van der Waals surface area contributed by atoms with Crippen LogP contribution in [-0.2, 0) is 6.54 Å². The second kappa shape index (κ2) is 6.12. The van der Waals surface area contributed by atoms with E-state index in [1.807, 2.05) is 0 Å². The number of halogens is 2. The van der Waals surface area contributed by atoms with E-state index in [4.69, 9.17) is 11.6 Å². The van der Waals surface area contributed by atoms with Gasteiger partial charge in [0.1, 0.15) is 11.5 Å². The van der Waals surface area contributed by atoms with Crippen molar-refractivity contribution in [3.05, 3.63) is 40.9 Å². The number of rotatable bonds is 5. The van der Waals surface area contributed by atoms with Gasteiger partial charge < -0.3 is 5.32 Å². The van der Waals surface area contributed by atoms with Crippen LogP contribution < -0.4 is 5.32 Å². The Kier molecular flexibility index (Phi) is 4.50. The van der Waals surface area contributed by atoms with Gasteiger partial charge in [-0.2, -0.15) is 0 Å². The van der Waals surface area contributed by atoms with Crippen LogP contribution in [0, 0.1) is 11.7 Å². The lowest BCUT2D eigenvalue weighted by molar-refractivity contribution is 0.538. The van der Waals surface area contributed by atoms with Gasteiger partial charge in [-0.15, -0.1) is 5.10 Å². The standard InChI is InChI=1S/C13H16ClFN4/c1-9(2)6-16-7-11-8-17-18-19(11)13-5-10(14)3-4-12(13)15/h3-5,8-9,16H,6-7H2,1-2H3. The van der Waals surface area contributed by atoms with E-state index in [0.717, 1.165) is 12.2 Å².